The molecule has 0 saturated heterocycles. The second-order valence-corrected chi connectivity index (χ2v) is 3.36. The van der Waals surface area contributed by atoms with Gasteiger partial charge in [0, 0.05) is 25.7 Å². The molecule has 1 aromatic carbocycles. The first-order valence-electron chi connectivity index (χ1n) is 4.99. The van der Waals surface area contributed by atoms with Gasteiger partial charge in [0.25, 0.3) is 5.69 Å². The van der Waals surface area contributed by atoms with Crippen LogP contribution in [0.15, 0.2) is 18.2 Å². The van der Waals surface area contributed by atoms with Crippen LogP contribution in [0.4, 0.5) is 11.6 Å². The van der Waals surface area contributed by atoms with Gasteiger partial charge in [-0.25, -0.2) is 4.98 Å². The van der Waals surface area contributed by atoms with Crippen LogP contribution in [0.2, 0.25) is 0 Å². The van der Waals surface area contributed by atoms with E-state index in [0.717, 1.165) is 18.0 Å². The van der Waals surface area contributed by atoms with Gasteiger partial charge >= 0.3 is 0 Å². The molecular formula is C10H12N4O2. The number of aryl methyl sites for hydroxylation is 1. The number of rotatable bonds is 3. The zero-order valence-corrected chi connectivity index (χ0v) is 9.10. The van der Waals surface area contributed by atoms with Crippen LogP contribution in [0.25, 0.3) is 11.0 Å². The summed E-state index contributed by atoms with van der Waals surface area (Å²) in [7, 11) is 1.78. The van der Waals surface area contributed by atoms with Crippen LogP contribution < -0.4 is 5.32 Å². The molecule has 16 heavy (non-hydrogen) atoms. The zero-order chi connectivity index (χ0) is 11.7. The van der Waals surface area contributed by atoms with E-state index in [9.17, 15) is 10.1 Å². The highest BCUT2D eigenvalue weighted by atomic mass is 16.6. The summed E-state index contributed by atoms with van der Waals surface area (Å²) in [5.41, 5.74) is 1.61. The molecule has 0 atom stereocenters. The summed E-state index contributed by atoms with van der Waals surface area (Å²) in [5.74, 6) is 0.720. The number of aromatic nitrogens is 2. The van der Waals surface area contributed by atoms with E-state index in [4.69, 9.17) is 0 Å². The molecule has 6 nitrogen and oxygen atoms in total. The van der Waals surface area contributed by atoms with E-state index in [0.29, 0.717) is 5.52 Å². The van der Waals surface area contributed by atoms with Crippen molar-refractivity contribution in [3.8, 4) is 0 Å². The molecule has 0 bridgehead atoms. The summed E-state index contributed by atoms with van der Waals surface area (Å²) < 4.78 is 1.97. The second kappa shape index (κ2) is 3.80. The van der Waals surface area contributed by atoms with Gasteiger partial charge in [0.2, 0.25) is 5.95 Å². The number of nitro benzene ring substituents is 1. The Morgan fingerprint density at radius 1 is 1.56 bits per heavy atom. The van der Waals surface area contributed by atoms with Crippen LogP contribution in [-0.2, 0) is 6.54 Å². The number of fused-ring (bicyclic) bond motifs is 1. The smallest absolute Gasteiger partial charge is 0.271 e. The van der Waals surface area contributed by atoms with Gasteiger partial charge in [0.15, 0.2) is 0 Å². The lowest BCUT2D eigenvalue weighted by Crippen LogP contribution is -2.01. The Labute approximate surface area is 92.0 Å². The monoisotopic (exact) mass is 220 g/mol. The normalized spacial score (nSPS) is 10.6. The highest BCUT2D eigenvalue weighted by molar-refractivity contribution is 5.81. The van der Waals surface area contributed by atoms with E-state index in [-0.39, 0.29) is 5.69 Å². The second-order valence-electron chi connectivity index (χ2n) is 3.36. The molecular weight excluding hydrogens is 208 g/mol. The first-order chi connectivity index (χ1) is 7.67. The topological polar surface area (TPSA) is 73.0 Å². The fraction of sp³-hybridized carbons (Fsp3) is 0.300. The molecule has 0 fully saturated rings. The van der Waals surface area contributed by atoms with E-state index >= 15 is 0 Å². The molecule has 2 rings (SSSR count). The number of nitrogens with zero attached hydrogens (tertiary/aromatic N) is 3. The van der Waals surface area contributed by atoms with Crippen molar-refractivity contribution in [3.63, 3.8) is 0 Å². The molecule has 2 aromatic rings. The highest BCUT2D eigenvalue weighted by Gasteiger charge is 2.12. The molecule has 1 heterocycles. The van der Waals surface area contributed by atoms with Crippen molar-refractivity contribution in [2.24, 2.45) is 0 Å². The average molecular weight is 220 g/mol. The van der Waals surface area contributed by atoms with Crippen molar-refractivity contribution in [2.45, 2.75) is 13.5 Å². The van der Waals surface area contributed by atoms with Crippen molar-refractivity contribution in [1.82, 2.24) is 9.55 Å². The van der Waals surface area contributed by atoms with Crippen molar-refractivity contribution in [1.29, 1.82) is 0 Å². The Kier molecular flexibility index (Phi) is 2.47. The van der Waals surface area contributed by atoms with Crippen molar-refractivity contribution in [2.75, 3.05) is 12.4 Å². The molecule has 0 unspecified atom stereocenters. The van der Waals surface area contributed by atoms with Crippen LogP contribution in [0.3, 0.4) is 0 Å². The summed E-state index contributed by atoms with van der Waals surface area (Å²) in [6.45, 7) is 2.77. The number of nitrogens with one attached hydrogen (secondary N) is 1. The SMILES string of the molecule is CCn1c(NC)nc2cc([N+](=O)[O-])ccc21. The molecule has 6 heteroatoms. The number of hydrogen-bond acceptors (Lipinski definition) is 4. The van der Waals surface area contributed by atoms with Crippen molar-refractivity contribution in [3.05, 3.63) is 28.3 Å². The Morgan fingerprint density at radius 3 is 2.88 bits per heavy atom. The third-order valence-electron chi connectivity index (χ3n) is 2.48. The Balaban J connectivity index is 2.67. The van der Waals surface area contributed by atoms with Gasteiger partial charge in [-0.05, 0) is 13.0 Å². The molecule has 1 aromatic heterocycles. The average Bonchev–Trinajstić information content (AvgIpc) is 2.65. The molecule has 84 valence electrons. The molecule has 0 saturated carbocycles. The third kappa shape index (κ3) is 1.48. The van der Waals surface area contributed by atoms with Crippen molar-refractivity contribution >= 4 is 22.7 Å². The largest absolute Gasteiger partial charge is 0.359 e. The van der Waals surface area contributed by atoms with Crippen LogP contribution in [0.5, 0.6) is 0 Å². The van der Waals surface area contributed by atoms with Crippen LogP contribution >= 0.6 is 0 Å². The maximum absolute atomic E-state index is 10.6. The van der Waals surface area contributed by atoms with Gasteiger partial charge in [-0.3, -0.25) is 10.1 Å². The van der Waals surface area contributed by atoms with E-state index in [1.165, 1.54) is 12.1 Å². The minimum atomic E-state index is -0.413. The lowest BCUT2D eigenvalue weighted by Gasteiger charge is -2.03. The van der Waals surface area contributed by atoms with Gasteiger partial charge in [0.05, 0.1) is 16.0 Å². The van der Waals surface area contributed by atoms with E-state index in [2.05, 4.69) is 10.3 Å². The third-order valence-corrected chi connectivity index (χ3v) is 2.48. The van der Waals surface area contributed by atoms with Gasteiger partial charge in [-0.2, -0.15) is 0 Å². The summed E-state index contributed by atoms with van der Waals surface area (Å²) in [5, 5.41) is 13.6. The number of hydrogen-bond donors (Lipinski definition) is 1. The van der Waals surface area contributed by atoms with Gasteiger partial charge in [-0.1, -0.05) is 0 Å². The summed E-state index contributed by atoms with van der Waals surface area (Å²) >= 11 is 0. The Morgan fingerprint density at radius 2 is 2.31 bits per heavy atom. The number of anilines is 1. The number of nitro groups is 1. The minimum Gasteiger partial charge on any atom is -0.359 e. The Bertz CT molecular complexity index is 547. The maximum atomic E-state index is 10.6. The predicted molar refractivity (Wildman–Crippen MR) is 61.6 cm³/mol. The molecule has 1 N–H and O–H groups in total. The number of imidazole rings is 1. The maximum Gasteiger partial charge on any atom is 0.271 e. The van der Waals surface area contributed by atoms with E-state index < -0.39 is 4.92 Å². The molecule has 0 aliphatic carbocycles. The number of non-ortho nitro benzene ring substituents is 1. The zero-order valence-electron chi connectivity index (χ0n) is 9.10. The fourth-order valence-electron chi connectivity index (χ4n) is 1.74. The first kappa shape index (κ1) is 10.4. The van der Waals surface area contributed by atoms with Gasteiger partial charge in [0.1, 0.15) is 0 Å². The van der Waals surface area contributed by atoms with Crippen molar-refractivity contribution < 1.29 is 4.92 Å². The first-order valence-corrected chi connectivity index (χ1v) is 4.99. The Hall–Kier alpha value is -2.11. The standard InChI is InChI=1S/C10H12N4O2/c1-3-13-9-5-4-7(14(15)16)6-8(9)12-10(13)11-2/h4-6H,3H2,1-2H3,(H,11,12). The number of benzene rings is 1. The molecule has 0 spiro atoms. The van der Waals surface area contributed by atoms with Crippen LogP contribution in [0, 0.1) is 10.1 Å². The minimum absolute atomic E-state index is 0.0657. The summed E-state index contributed by atoms with van der Waals surface area (Å²) in [6, 6.07) is 4.71. The predicted octanol–water partition coefficient (Wildman–Crippen LogP) is 2.01. The quantitative estimate of drug-likeness (QED) is 0.634. The summed E-state index contributed by atoms with van der Waals surface area (Å²) in [4.78, 5) is 14.5. The molecule has 0 aliphatic rings. The highest BCUT2D eigenvalue weighted by Crippen LogP contribution is 2.23. The van der Waals surface area contributed by atoms with Crippen LogP contribution in [-0.4, -0.2) is 21.5 Å². The van der Waals surface area contributed by atoms with E-state index in [1.807, 2.05) is 11.5 Å². The molecule has 0 radical (unpaired) electrons. The lowest BCUT2D eigenvalue weighted by atomic mass is 10.3. The van der Waals surface area contributed by atoms with Crippen LogP contribution in [0.1, 0.15) is 6.92 Å². The van der Waals surface area contributed by atoms with Gasteiger partial charge in [-0.15, -0.1) is 0 Å². The summed E-state index contributed by atoms with van der Waals surface area (Å²) in [6.07, 6.45) is 0. The van der Waals surface area contributed by atoms with Gasteiger partial charge < -0.3 is 9.88 Å². The molecule has 0 aliphatic heterocycles. The lowest BCUT2D eigenvalue weighted by molar-refractivity contribution is -0.384. The molecule has 0 amide bonds. The fourth-order valence-corrected chi connectivity index (χ4v) is 1.74. The van der Waals surface area contributed by atoms with E-state index in [1.54, 1.807) is 13.1 Å².